The molecule has 1 aliphatic carbocycles. The van der Waals surface area contributed by atoms with Crippen LogP contribution in [0.5, 0.6) is 17.2 Å². The van der Waals surface area contributed by atoms with Gasteiger partial charge in [0.15, 0.2) is 11.5 Å². The van der Waals surface area contributed by atoms with Crippen molar-refractivity contribution in [1.29, 1.82) is 0 Å². The molecule has 2 aromatic rings. The van der Waals surface area contributed by atoms with Crippen LogP contribution in [0.2, 0.25) is 0 Å². The molecule has 0 N–H and O–H groups in total. The average Bonchev–Trinajstić information content (AvgIpc) is 3.36. The molecular formula is C18H19NO5S. The van der Waals surface area contributed by atoms with Gasteiger partial charge >= 0.3 is 0 Å². The summed E-state index contributed by atoms with van der Waals surface area (Å²) in [6.45, 7) is 0.519. The maximum Gasteiger partial charge on any atom is 0.243 e. The molecule has 0 radical (unpaired) electrons. The molecule has 1 heterocycles. The zero-order valence-corrected chi connectivity index (χ0v) is 14.7. The molecular weight excluding hydrogens is 342 g/mol. The second-order valence-electron chi connectivity index (χ2n) is 6.14. The molecule has 0 aromatic heterocycles. The van der Waals surface area contributed by atoms with Gasteiger partial charge in [-0.1, -0.05) is 6.07 Å². The molecule has 0 amide bonds. The van der Waals surface area contributed by atoms with Crippen molar-refractivity contribution < 1.29 is 22.6 Å². The Morgan fingerprint density at radius 1 is 1.08 bits per heavy atom. The van der Waals surface area contributed by atoms with Crippen LogP contribution in [0, 0.1) is 0 Å². The van der Waals surface area contributed by atoms with Gasteiger partial charge in [-0.05, 0) is 54.8 Å². The van der Waals surface area contributed by atoms with Crippen LogP contribution in [0.4, 0.5) is 0 Å². The summed E-state index contributed by atoms with van der Waals surface area (Å²) in [5.74, 6) is 1.99. The molecule has 0 spiro atoms. The molecule has 1 aliphatic heterocycles. The van der Waals surface area contributed by atoms with Crippen LogP contribution in [0.15, 0.2) is 47.4 Å². The van der Waals surface area contributed by atoms with Gasteiger partial charge in [-0.15, -0.1) is 0 Å². The standard InChI is InChI=1S/C18H19NO5S/c1-22-15-5-7-16(8-6-15)25(20,21)19(14-3-4-14)11-13-2-9-17-18(10-13)24-12-23-17/h2,5-10,14H,3-4,11-12H2,1H3. The van der Waals surface area contributed by atoms with Gasteiger partial charge in [0.2, 0.25) is 16.8 Å². The zero-order valence-electron chi connectivity index (χ0n) is 13.8. The van der Waals surface area contributed by atoms with Crippen LogP contribution in [0.1, 0.15) is 18.4 Å². The lowest BCUT2D eigenvalue weighted by atomic mass is 10.2. The average molecular weight is 361 g/mol. The van der Waals surface area contributed by atoms with Crippen LogP contribution < -0.4 is 14.2 Å². The second-order valence-corrected chi connectivity index (χ2v) is 8.04. The molecule has 0 bridgehead atoms. The fraction of sp³-hybridized carbons (Fsp3) is 0.333. The monoisotopic (exact) mass is 361 g/mol. The fourth-order valence-electron chi connectivity index (χ4n) is 2.88. The van der Waals surface area contributed by atoms with Gasteiger partial charge in [-0.2, -0.15) is 4.31 Å². The Labute approximate surface area is 147 Å². The van der Waals surface area contributed by atoms with Crippen molar-refractivity contribution in [2.24, 2.45) is 0 Å². The molecule has 7 heteroatoms. The van der Waals surface area contributed by atoms with Gasteiger partial charge in [0.25, 0.3) is 0 Å². The van der Waals surface area contributed by atoms with E-state index in [2.05, 4.69) is 0 Å². The van der Waals surface area contributed by atoms with Gasteiger partial charge in [-0.3, -0.25) is 0 Å². The second kappa shape index (κ2) is 6.24. The van der Waals surface area contributed by atoms with Gasteiger partial charge in [0.05, 0.1) is 12.0 Å². The molecule has 4 rings (SSSR count). The fourth-order valence-corrected chi connectivity index (χ4v) is 4.55. The lowest BCUT2D eigenvalue weighted by Gasteiger charge is -2.22. The van der Waals surface area contributed by atoms with Crippen molar-refractivity contribution in [2.75, 3.05) is 13.9 Å². The summed E-state index contributed by atoms with van der Waals surface area (Å²) in [4.78, 5) is 0.279. The summed E-state index contributed by atoms with van der Waals surface area (Å²) in [7, 11) is -2.01. The first kappa shape index (κ1) is 16.2. The number of hydrogen-bond acceptors (Lipinski definition) is 5. The van der Waals surface area contributed by atoms with Crippen LogP contribution >= 0.6 is 0 Å². The molecule has 1 saturated carbocycles. The first-order chi connectivity index (χ1) is 12.1. The third-order valence-electron chi connectivity index (χ3n) is 4.40. The van der Waals surface area contributed by atoms with E-state index >= 15 is 0 Å². The minimum atomic E-state index is -3.57. The number of hydrogen-bond donors (Lipinski definition) is 0. The Bertz CT molecular complexity index is 875. The number of rotatable bonds is 6. The van der Waals surface area contributed by atoms with Gasteiger partial charge in [-0.25, -0.2) is 8.42 Å². The summed E-state index contributed by atoms with van der Waals surface area (Å²) in [6, 6.07) is 12.1. The number of benzene rings is 2. The quantitative estimate of drug-likeness (QED) is 0.792. The van der Waals surface area contributed by atoms with Gasteiger partial charge in [0, 0.05) is 12.6 Å². The molecule has 6 nitrogen and oxygen atoms in total. The maximum absolute atomic E-state index is 13.1. The van der Waals surface area contributed by atoms with Crippen LogP contribution in [0.25, 0.3) is 0 Å². The van der Waals surface area contributed by atoms with Gasteiger partial charge < -0.3 is 14.2 Å². The minimum absolute atomic E-state index is 0.0533. The van der Waals surface area contributed by atoms with Crippen molar-refractivity contribution in [1.82, 2.24) is 4.31 Å². The molecule has 1 fully saturated rings. The minimum Gasteiger partial charge on any atom is -0.497 e. The zero-order chi connectivity index (χ0) is 17.4. The van der Waals surface area contributed by atoms with E-state index in [-0.39, 0.29) is 17.7 Å². The predicted octanol–water partition coefficient (Wildman–Crippen LogP) is 2.78. The molecule has 25 heavy (non-hydrogen) atoms. The van der Waals surface area contributed by atoms with Crippen molar-refractivity contribution in [2.45, 2.75) is 30.3 Å². The van der Waals surface area contributed by atoms with Crippen molar-refractivity contribution in [3.05, 3.63) is 48.0 Å². The Balaban J connectivity index is 1.62. The Morgan fingerprint density at radius 3 is 2.48 bits per heavy atom. The van der Waals surface area contributed by atoms with Crippen LogP contribution in [-0.2, 0) is 16.6 Å². The van der Waals surface area contributed by atoms with Crippen molar-refractivity contribution in [3.8, 4) is 17.2 Å². The van der Waals surface area contributed by atoms with E-state index < -0.39 is 10.0 Å². The number of sulfonamides is 1. The highest BCUT2D eigenvalue weighted by molar-refractivity contribution is 7.89. The van der Waals surface area contributed by atoms with E-state index in [1.165, 1.54) is 0 Å². The Kier molecular flexibility index (Phi) is 4.05. The number of ether oxygens (including phenoxy) is 3. The summed E-state index contributed by atoms with van der Waals surface area (Å²) >= 11 is 0. The lowest BCUT2D eigenvalue weighted by Crippen LogP contribution is -2.32. The highest BCUT2D eigenvalue weighted by atomic mass is 32.2. The van der Waals surface area contributed by atoms with Crippen molar-refractivity contribution >= 4 is 10.0 Å². The first-order valence-electron chi connectivity index (χ1n) is 8.12. The van der Waals surface area contributed by atoms with Gasteiger partial charge in [0.1, 0.15) is 5.75 Å². The van der Waals surface area contributed by atoms with E-state index in [4.69, 9.17) is 14.2 Å². The molecule has 0 unspecified atom stereocenters. The topological polar surface area (TPSA) is 65.1 Å². The third-order valence-corrected chi connectivity index (χ3v) is 6.31. The number of fused-ring (bicyclic) bond motifs is 1. The number of methoxy groups -OCH3 is 1. The smallest absolute Gasteiger partial charge is 0.243 e. The molecule has 0 saturated heterocycles. The molecule has 0 atom stereocenters. The maximum atomic E-state index is 13.1. The van der Waals surface area contributed by atoms with E-state index in [1.807, 2.05) is 18.2 Å². The van der Waals surface area contributed by atoms with E-state index in [1.54, 1.807) is 35.7 Å². The molecule has 132 valence electrons. The van der Waals surface area contributed by atoms with E-state index in [0.29, 0.717) is 23.8 Å². The summed E-state index contributed by atoms with van der Waals surface area (Å²) in [6.07, 6.45) is 1.78. The molecule has 2 aromatic carbocycles. The molecule has 2 aliphatic rings. The highest BCUT2D eigenvalue weighted by Crippen LogP contribution is 2.36. The normalized spacial score (nSPS) is 16.2. The third kappa shape index (κ3) is 3.17. The number of nitrogens with zero attached hydrogens (tertiary/aromatic N) is 1. The largest absolute Gasteiger partial charge is 0.497 e. The summed E-state index contributed by atoms with van der Waals surface area (Å²) in [5, 5.41) is 0. The van der Waals surface area contributed by atoms with Crippen LogP contribution in [-0.4, -0.2) is 32.7 Å². The van der Waals surface area contributed by atoms with Crippen molar-refractivity contribution in [3.63, 3.8) is 0 Å². The lowest BCUT2D eigenvalue weighted by molar-refractivity contribution is 0.174. The summed E-state index contributed by atoms with van der Waals surface area (Å²) < 4.78 is 43.5. The summed E-state index contributed by atoms with van der Waals surface area (Å²) in [5.41, 5.74) is 0.883. The Hall–Kier alpha value is -2.25. The Morgan fingerprint density at radius 2 is 1.80 bits per heavy atom. The predicted molar refractivity (Wildman–Crippen MR) is 91.3 cm³/mol. The SMILES string of the molecule is COc1ccc(S(=O)(=O)N(Cc2ccc3c(c2)OCO3)C2CC2)cc1. The van der Waals surface area contributed by atoms with E-state index in [0.717, 1.165) is 18.4 Å². The first-order valence-corrected chi connectivity index (χ1v) is 9.56. The van der Waals surface area contributed by atoms with Crippen LogP contribution in [0.3, 0.4) is 0 Å². The highest BCUT2D eigenvalue weighted by Gasteiger charge is 2.38. The van der Waals surface area contributed by atoms with E-state index in [9.17, 15) is 8.42 Å².